The predicted octanol–water partition coefficient (Wildman–Crippen LogP) is 4.69. The van der Waals surface area contributed by atoms with Gasteiger partial charge in [0.25, 0.3) is 0 Å². The zero-order valence-corrected chi connectivity index (χ0v) is 13.6. The number of halogens is 2. The number of rotatable bonds is 5. The van der Waals surface area contributed by atoms with E-state index < -0.39 is 0 Å². The number of thiophene rings is 1. The lowest BCUT2D eigenvalue weighted by Gasteiger charge is -2.23. The normalized spacial score (nSPS) is 16.8. The van der Waals surface area contributed by atoms with Crippen LogP contribution in [0.1, 0.15) is 38.0 Å². The Morgan fingerprint density at radius 2 is 2.12 bits per heavy atom. The van der Waals surface area contributed by atoms with Crippen LogP contribution >= 0.6 is 43.2 Å². The first kappa shape index (κ1) is 13.1. The van der Waals surface area contributed by atoms with E-state index in [0.29, 0.717) is 0 Å². The molecule has 1 heterocycles. The average Bonchev–Trinajstić information content (AvgIpc) is 2.94. The minimum Gasteiger partial charge on any atom is -0.314 e. The van der Waals surface area contributed by atoms with Crippen molar-refractivity contribution in [1.82, 2.24) is 5.32 Å². The van der Waals surface area contributed by atoms with E-state index >= 15 is 0 Å². The van der Waals surface area contributed by atoms with E-state index in [0.717, 1.165) is 12.6 Å². The molecule has 1 nitrogen and oxygen atoms in total. The van der Waals surface area contributed by atoms with Crippen LogP contribution in [0.3, 0.4) is 0 Å². The van der Waals surface area contributed by atoms with Crippen LogP contribution in [0.15, 0.2) is 14.3 Å². The Kier molecular flexibility index (Phi) is 4.15. The molecule has 1 aliphatic rings. The number of nitrogens with one attached hydrogen (secondary N) is 1. The Morgan fingerprint density at radius 1 is 1.44 bits per heavy atom. The molecule has 2 rings (SSSR count). The van der Waals surface area contributed by atoms with Gasteiger partial charge >= 0.3 is 0 Å². The van der Waals surface area contributed by atoms with Crippen LogP contribution in [0, 0.1) is 0 Å². The van der Waals surface area contributed by atoms with Crippen molar-refractivity contribution in [2.45, 2.75) is 44.6 Å². The summed E-state index contributed by atoms with van der Waals surface area (Å²) in [5.74, 6) is 0. The molecule has 0 saturated heterocycles. The molecular formula is C12H17Br2NS. The van der Waals surface area contributed by atoms with E-state index in [-0.39, 0.29) is 5.41 Å². The van der Waals surface area contributed by atoms with Crippen molar-refractivity contribution in [2.75, 3.05) is 6.54 Å². The fourth-order valence-corrected chi connectivity index (χ4v) is 3.85. The maximum Gasteiger partial charge on any atom is 0.0843 e. The monoisotopic (exact) mass is 365 g/mol. The van der Waals surface area contributed by atoms with E-state index in [1.54, 1.807) is 0 Å². The van der Waals surface area contributed by atoms with Crippen molar-refractivity contribution in [3.63, 3.8) is 0 Å². The molecule has 1 aliphatic carbocycles. The van der Waals surface area contributed by atoms with Gasteiger partial charge in [-0.2, -0.15) is 0 Å². The molecule has 0 amide bonds. The molecule has 1 N–H and O–H groups in total. The lowest BCUT2D eigenvalue weighted by Crippen LogP contribution is -2.25. The quantitative estimate of drug-likeness (QED) is 0.796. The Bertz CT molecular complexity index is 350. The molecule has 0 bridgehead atoms. The minimum absolute atomic E-state index is 0.265. The Labute approximate surface area is 118 Å². The van der Waals surface area contributed by atoms with Gasteiger partial charge in [0, 0.05) is 20.8 Å². The first-order chi connectivity index (χ1) is 7.49. The predicted molar refractivity (Wildman–Crippen MR) is 78.4 cm³/mol. The summed E-state index contributed by atoms with van der Waals surface area (Å²) in [7, 11) is 0. The van der Waals surface area contributed by atoms with E-state index in [1.807, 2.05) is 11.3 Å². The summed E-state index contributed by atoms with van der Waals surface area (Å²) in [6.07, 6.45) is 3.94. The van der Waals surface area contributed by atoms with Gasteiger partial charge in [-0.05, 0) is 63.7 Å². The largest absolute Gasteiger partial charge is 0.314 e. The second-order valence-corrected chi connectivity index (χ2v) is 8.32. The van der Waals surface area contributed by atoms with Gasteiger partial charge in [-0.3, -0.25) is 0 Å². The van der Waals surface area contributed by atoms with Gasteiger partial charge in [0.15, 0.2) is 0 Å². The summed E-state index contributed by atoms with van der Waals surface area (Å²) in [6, 6.07) is 3.06. The van der Waals surface area contributed by atoms with Crippen LogP contribution in [0.2, 0.25) is 0 Å². The molecule has 0 aromatic carbocycles. The highest BCUT2D eigenvalue weighted by Crippen LogP contribution is 2.40. The fourth-order valence-electron chi connectivity index (χ4n) is 1.68. The molecule has 1 fully saturated rings. The molecule has 0 atom stereocenters. The lowest BCUT2D eigenvalue weighted by atomic mass is 9.87. The molecule has 16 heavy (non-hydrogen) atoms. The molecule has 0 aliphatic heterocycles. The van der Waals surface area contributed by atoms with Gasteiger partial charge in [0.05, 0.1) is 3.79 Å². The first-order valence-corrected chi connectivity index (χ1v) is 8.08. The summed E-state index contributed by atoms with van der Waals surface area (Å²) in [5.41, 5.74) is 0.265. The molecule has 90 valence electrons. The SMILES string of the molecule is CC(C)(CCNC1CC1)c1cc(Br)c(Br)s1. The van der Waals surface area contributed by atoms with E-state index in [9.17, 15) is 0 Å². The van der Waals surface area contributed by atoms with Crippen LogP contribution in [-0.2, 0) is 5.41 Å². The average molecular weight is 367 g/mol. The lowest BCUT2D eigenvalue weighted by molar-refractivity contribution is 0.463. The van der Waals surface area contributed by atoms with Gasteiger partial charge in [-0.25, -0.2) is 0 Å². The summed E-state index contributed by atoms with van der Waals surface area (Å²) < 4.78 is 2.38. The molecule has 4 heteroatoms. The summed E-state index contributed by atoms with van der Waals surface area (Å²) in [6.45, 7) is 5.78. The van der Waals surface area contributed by atoms with Gasteiger partial charge in [0.1, 0.15) is 0 Å². The van der Waals surface area contributed by atoms with Crippen LogP contribution in [-0.4, -0.2) is 12.6 Å². The van der Waals surface area contributed by atoms with Crippen LogP contribution in [0.5, 0.6) is 0 Å². The van der Waals surface area contributed by atoms with Crippen molar-refractivity contribution in [3.05, 3.63) is 19.2 Å². The van der Waals surface area contributed by atoms with Gasteiger partial charge in [-0.15, -0.1) is 11.3 Å². The molecule has 1 saturated carbocycles. The van der Waals surface area contributed by atoms with E-state index in [2.05, 4.69) is 57.1 Å². The van der Waals surface area contributed by atoms with Crippen molar-refractivity contribution in [3.8, 4) is 0 Å². The van der Waals surface area contributed by atoms with Gasteiger partial charge in [-0.1, -0.05) is 13.8 Å². The van der Waals surface area contributed by atoms with Crippen molar-refractivity contribution in [1.29, 1.82) is 0 Å². The minimum atomic E-state index is 0.265. The molecule has 1 aromatic rings. The summed E-state index contributed by atoms with van der Waals surface area (Å²) in [5, 5.41) is 3.59. The second kappa shape index (κ2) is 5.09. The number of hydrogen-bond donors (Lipinski definition) is 1. The Hall–Kier alpha value is 0.620. The van der Waals surface area contributed by atoms with Crippen LogP contribution in [0.25, 0.3) is 0 Å². The summed E-state index contributed by atoms with van der Waals surface area (Å²) in [4.78, 5) is 1.45. The smallest absolute Gasteiger partial charge is 0.0843 e. The topological polar surface area (TPSA) is 12.0 Å². The van der Waals surface area contributed by atoms with Crippen molar-refractivity contribution in [2.24, 2.45) is 0 Å². The van der Waals surface area contributed by atoms with E-state index in [4.69, 9.17) is 0 Å². The van der Waals surface area contributed by atoms with Gasteiger partial charge < -0.3 is 5.32 Å². The Morgan fingerprint density at radius 3 is 2.62 bits per heavy atom. The number of hydrogen-bond acceptors (Lipinski definition) is 2. The molecular weight excluding hydrogens is 350 g/mol. The van der Waals surface area contributed by atoms with Crippen LogP contribution < -0.4 is 5.32 Å². The van der Waals surface area contributed by atoms with Crippen molar-refractivity contribution < 1.29 is 0 Å². The third kappa shape index (κ3) is 3.31. The van der Waals surface area contributed by atoms with Crippen LogP contribution in [0.4, 0.5) is 0 Å². The van der Waals surface area contributed by atoms with Crippen molar-refractivity contribution >= 4 is 43.2 Å². The highest BCUT2D eigenvalue weighted by atomic mass is 79.9. The van der Waals surface area contributed by atoms with Gasteiger partial charge in [0.2, 0.25) is 0 Å². The molecule has 0 radical (unpaired) electrons. The maximum absolute atomic E-state index is 3.59. The zero-order valence-electron chi connectivity index (χ0n) is 9.65. The molecule has 1 aromatic heterocycles. The zero-order chi connectivity index (χ0) is 11.8. The fraction of sp³-hybridized carbons (Fsp3) is 0.667. The Balaban J connectivity index is 1.93. The third-order valence-electron chi connectivity index (χ3n) is 3.07. The second-order valence-electron chi connectivity index (χ2n) is 5.09. The summed E-state index contributed by atoms with van der Waals surface area (Å²) >= 11 is 8.96. The third-order valence-corrected chi connectivity index (χ3v) is 6.69. The van der Waals surface area contributed by atoms with E-state index in [1.165, 1.54) is 32.4 Å². The molecule has 0 unspecified atom stereocenters. The highest BCUT2D eigenvalue weighted by molar-refractivity contribution is 9.13. The highest BCUT2D eigenvalue weighted by Gasteiger charge is 2.25. The first-order valence-electron chi connectivity index (χ1n) is 5.68. The maximum atomic E-state index is 3.59. The molecule has 0 spiro atoms. The standard InChI is InChI=1S/C12H17Br2NS/c1-12(2,5-6-15-8-3-4-8)10-7-9(13)11(14)16-10/h7-8,15H,3-6H2,1-2H3.